The van der Waals surface area contributed by atoms with E-state index in [0.717, 1.165) is 41.8 Å². The van der Waals surface area contributed by atoms with E-state index in [4.69, 9.17) is 0 Å². The number of pyridine rings is 1. The summed E-state index contributed by atoms with van der Waals surface area (Å²) in [7, 11) is 1.83. The zero-order valence-electron chi connectivity index (χ0n) is 22.1. The Morgan fingerprint density at radius 2 is 2.00 bits per heavy atom. The van der Waals surface area contributed by atoms with Gasteiger partial charge in [0.25, 0.3) is 0 Å². The van der Waals surface area contributed by atoms with Gasteiger partial charge in [-0.1, -0.05) is 25.1 Å². The smallest absolute Gasteiger partial charge is 0.320 e. The summed E-state index contributed by atoms with van der Waals surface area (Å²) < 4.78 is 32.9. The molecule has 200 valence electrons. The first-order chi connectivity index (χ1) is 18.2. The van der Waals surface area contributed by atoms with Gasteiger partial charge in [0, 0.05) is 51.3 Å². The van der Waals surface area contributed by atoms with Crippen molar-refractivity contribution in [2.24, 2.45) is 18.9 Å². The lowest BCUT2D eigenvalue weighted by atomic mass is 9.70. The van der Waals surface area contributed by atoms with Crippen LogP contribution in [0, 0.1) is 18.8 Å². The minimum absolute atomic E-state index is 0.139. The van der Waals surface area contributed by atoms with Crippen LogP contribution in [-0.4, -0.2) is 47.6 Å². The predicted molar refractivity (Wildman–Crippen MR) is 142 cm³/mol. The lowest BCUT2D eigenvalue weighted by molar-refractivity contribution is -0.114. The Balaban J connectivity index is 1.36. The van der Waals surface area contributed by atoms with Crippen molar-refractivity contribution in [2.45, 2.75) is 57.9 Å². The number of likely N-dealkylation sites (tertiary alicyclic amines) is 1. The molecule has 7 nitrogen and oxygen atoms in total. The predicted octanol–water partition coefficient (Wildman–Crippen LogP) is 4.94. The van der Waals surface area contributed by atoms with E-state index < -0.39 is 5.92 Å². The molecular weight excluding hydrogens is 486 g/mol. The molecular formula is C29H34F2N6O. The lowest BCUT2D eigenvalue weighted by Gasteiger charge is -2.39. The average Bonchev–Trinajstić information content (AvgIpc) is 3.42. The number of nitrogens with zero attached hydrogens (tertiary/aromatic N) is 6. The second-order valence-corrected chi connectivity index (χ2v) is 11.4. The number of fused-ring (bicyclic) bond motifs is 1. The van der Waals surface area contributed by atoms with E-state index in [1.165, 1.54) is 12.8 Å². The van der Waals surface area contributed by atoms with E-state index in [1.54, 1.807) is 19.9 Å². The Morgan fingerprint density at radius 1 is 1.18 bits per heavy atom. The highest BCUT2D eigenvalue weighted by molar-refractivity contribution is 5.56. The molecule has 3 aromatic heterocycles. The van der Waals surface area contributed by atoms with Gasteiger partial charge in [-0.3, -0.25) is 13.9 Å². The standard InChI is InChI=1S/C29H34F2N6O/c1-19-6-5-9-35(14-19)15-21-10-20(2)25-17-36(28(38)37(25)16-21)24-8-4-7-22(11-24)26(23-12-29(30,31)13-23)27-33-32-18-34(27)3/h4,7-8,10-11,16-19,23,26H,5-6,9,12-15H2,1-3H3/t19-,26+/m0/s1. The maximum absolute atomic E-state index is 13.9. The molecule has 4 heterocycles. The third kappa shape index (κ3) is 4.57. The largest absolute Gasteiger partial charge is 0.337 e. The van der Waals surface area contributed by atoms with Crippen LogP contribution >= 0.6 is 0 Å². The fourth-order valence-corrected chi connectivity index (χ4v) is 6.41. The van der Waals surface area contributed by atoms with Crippen LogP contribution in [0.15, 0.2) is 53.8 Å². The SMILES string of the molecule is Cc1cc(CN2CCC[C@H](C)C2)cn2c(=O)n(-c3cccc([C@@H](c4nncn4C)C4CC(F)(F)C4)c3)cc12. The van der Waals surface area contributed by atoms with Gasteiger partial charge in [0.05, 0.1) is 11.2 Å². The fraction of sp³-hybridized carbons (Fsp3) is 0.483. The zero-order valence-corrected chi connectivity index (χ0v) is 22.1. The first-order valence-corrected chi connectivity index (χ1v) is 13.5. The van der Waals surface area contributed by atoms with E-state index in [-0.39, 0.29) is 30.4 Å². The van der Waals surface area contributed by atoms with E-state index in [0.29, 0.717) is 17.4 Å². The van der Waals surface area contributed by atoms with Crippen LogP contribution in [0.2, 0.25) is 0 Å². The Morgan fingerprint density at radius 3 is 2.71 bits per heavy atom. The molecule has 1 aliphatic heterocycles. The maximum atomic E-state index is 13.9. The summed E-state index contributed by atoms with van der Waals surface area (Å²) in [5.74, 6) is -1.85. The van der Waals surface area contributed by atoms with Gasteiger partial charge < -0.3 is 4.57 Å². The normalized spacial score (nSPS) is 21.0. The molecule has 6 rings (SSSR count). The van der Waals surface area contributed by atoms with Gasteiger partial charge in [0.2, 0.25) is 5.92 Å². The van der Waals surface area contributed by atoms with Gasteiger partial charge in [0.1, 0.15) is 12.2 Å². The number of piperidine rings is 1. The number of hydrogen-bond acceptors (Lipinski definition) is 4. The van der Waals surface area contributed by atoms with Gasteiger partial charge in [-0.25, -0.2) is 13.6 Å². The van der Waals surface area contributed by atoms with Gasteiger partial charge in [-0.2, -0.15) is 0 Å². The molecule has 38 heavy (non-hydrogen) atoms. The number of alkyl halides is 2. The van der Waals surface area contributed by atoms with Gasteiger partial charge in [-0.15, -0.1) is 10.2 Å². The second-order valence-electron chi connectivity index (χ2n) is 11.4. The molecule has 9 heteroatoms. The number of aryl methyl sites for hydroxylation is 2. The zero-order chi connectivity index (χ0) is 26.6. The van der Waals surface area contributed by atoms with Crippen LogP contribution in [0.4, 0.5) is 8.78 Å². The van der Waals surface area contributed by atoms with Crippen molar-refractivity contribution in [1.82, 2.24) is 28.6 Å². The molecule has 1 saturated heterocycles. The molecule has 2 fully saturated rings. The second kappa shape index (κ2) is 9.45. The highest BCUT2D eigenvalue weighted by atomic mass is 19.3. The summed E-state index contributed by atoms with van der Waals surface area (Å²) >= 11 is 0. The Hall–Kier alpha value is -3.33. The number of rotatable bonds is 6. The van der Waals surface area contributed by atoms with Crippen LogP contribution in [0.25, 0.3) is 11.2 Å². The first kappa shape index (κ1) is 25.0. The third-order valence-electron chi connectivity index (χ3n) is 8.30. The molecule has 0 bridgehead atoms. The molecule has 0 spiro atoms. The van der Waals surface area contributed by atoms with Crippen molar-refractivity contribution in [1.29, 1.82) is 0 Å². The molecule has 0 unspecified atom stereocenters. The minimum atomic E-state index is -2.64. The molecule has 2 aliphatic rings. The Bertz CT molecular complexity index is 1530. The highest BCUT2D eigenvalue weighted by Crippen LogP contribution is 2.51. The summed E-state index contributed by atoms with van der Waals surface area (Å²) in [5.41, 5.74) is 4.47. The molecule has 2 atom stereocenters. The van der Waals surface area contributed by atoms with Gasteiger partial charge >= 0.3 is 5.69 Å². The number of imidazole rings is 1. The summed E-state index contributed by atoms with van der Waals surface area (Å²) in [6, 6.07) is 9.81. The van der Waals surface area contributed by atoms with Crippen molar-refractivity contribution in [3.63, 3.8) is 0 Å². The van der Waals surface area contributed by atoms with Crippen molar-refractivity contribution < 1.29 is 8.78 Å². The highest BCUT2D eigenvalue weighted by Gasteiger charge is 2.50. The van der Waals surface area contributed by atoms with E-state index in [9.17, 15) is 13.6 Å². The summed E-state index contributed by atoms with van der Waals surface area (Å²) in [6.45, 7) is 7.34. The van der Waals surface area contributed by atoms with E-state index >= 15 is 0 Å². The Kier molecular flexibility index (Phi) is 6.21. The summed E-state index contributed by atoms with van der Waals surface area (Å²) in [5, 5.41) is 8.26. The van der Waals surface area contributed by atoms with Crippen LogP contribution < -0.4 is 5.69 Å². The van der Waals surface area contributed by atoms with Gasteiger partial charge in [0.15, 0.2) is 0 Å². The number of halogens is 2. The van der Waals surface area contributed by atoms with Crippen LogP contribution in [0.1, 0.15) is 61.0 Å². The number of benzene rings is 1. The summed E-state index contributed by atoms with van der Waals surface area (Å²) in [4.78, 5) is 16.1. The van der Waals surface area contributed by atoms with Crippen LogP contribution in [-0.2, 0) is 13.6 Å². The van der Waals surface area contributed by atoms with E-state index in [1.807, 2.05) is 50.6 Å². The number of aromatic nitrogens is 5. The minimum Gasteiger partial charge on any atom is -0.320 e. The first-order valence-electron chi connectivity index (χ1n) is 13.5. The van der Waals surface area contributed by atoms with E-state index in [2.05, 4.69) is 28.1 Å². The van der Waals surface area contributed by atoms with Crippen LogP contribution in [0.3, 0.4) is 0 Å². The maximum Gasteiger partial charge on any atom is 0.337 e. The lowest BCUT2D eigenvalue weighted by Crippen LogP contribution is -2.39. The molecule has 1 aromatic carbocycles. The molecule has 1 saturated carbocycles. The average molecular weight is 521 g/mol. The van der Waals surface area contributed by atoms with Crippen molar-refractivity contribution in [3.05, 3.63) is 82.1 Å². The third-order valence-corrected chi connectivity index (χ3v) is 8.30. The van der Waals surface area contributed by atoms with Crippen molar-refractivity contribution in [2.75, 3.05) is 13.1 Å². The fourth-order valence-electron chi connectivity index (χ4n) is 6.41. The molecule has 1 aliphatic carbocycles. The van der Waals surface area contributed by atoms with Crippen LogP contribution in [0.5, 0.6) is 0 Å². The number of hydrogen-bond donors (Lipinski definition) is 0. The van der Waals surface area contributed by atoms with Gasteiger partial charge in [-0.05, 0) is 67.0 Å². The quantitative estimate of drug-likeness (QED) is 0.362. The monoisotopic (exact) mass is 520 g/mol. The topological polar surface area (TPSA) is 60.4 Å². The Labute approximate surface area is 220 Å². The molecule has 0 radical (unpaired) electrons. The molecule has 0 amide bonds. The summed E-state index contributed by atoms with van der Waals surface area (Å²) in [6.07, 6.45) is 7.56. The molecule has 4 aromatic rings. The van der Waals surface area contributed by atoms with Crippen molar-refractivity contribution in [3.8, 4) is 5.69 Å². The molecule has 0 N–H and O–H groups in total. The van der Waals surface area contributed by atoms with Crippen molar-refractivity contribution >= 4 is 5.52 Å².